The summed E-state index contributed by atoms with van der Waals surface area (Å²) in [6, 6.07) is 16.8. The first-order valence-corrected chi connectivity index (χ1v) is 10.9. The van der Waals surface area contributed by atoms with Gasteiger partial charge < -0.3 is 5.32 Å². The molecule has 1 aliphatic carbocycles. The Hall–Kier alpha value is -1.72. The van der Waals surface area contributed by atoms with Crippen LogP contribution in [0.25, 0.3) is 0 Å². The maximum atomic E-state index is 12.7. The van der Waals surface area contributed by atoms with Crippen LogP contribution in [-0.4, -0.2) is 15.5 Å². The van der Waals surface area contributed by atoms with Crippen molar-refractivity contribution in [1.29, 1.82) is 0 Å². The standard InChI is InChI=1S/C21H22N2OS2/c1-14(26-21-23-18-11-5-3-8-16(18)13-25-21)20(24)22-19-12-6-9-15-7-2-4-10-17(15)19/h2-5,7-8,10-11,14,19H,6,9,12-13H2,1H3,(H,22,24)/t14-,19+/m1/s1. The highest BCUT2D eigenvalue weighted by Gasteiger charge is 2.25. The van der Waals surface area contributed by atoms with E-state index in [4.69, 9.17) is 4.99 Å². The summed E-state index contributed by atoms with van der Waals surface area (Å²) in [7, 11) is 0. The number of benzene rings is 2. The van der Waals surface area contributed by atoms with Gasteiger partial charge in [0.05, 0.1) is 17.0 Å². The van der Waals surface area contributed by atoms with Crippen LogP contribution in [0.2, 0.25) is 0 Å². The summed E-state index contributed by atoms with van der Waals surface area (Å²) in [4.78, 5) is 17.5. The van der Waals surface area contributed by atoms with Crippen LogP contribution < -0.4 is 5.32 Å². The maximum absolute atomic E-state index is 12.7. The van der Waals surface area contributed by atoms with Crippen molar-refractivity contribution < 1.29 is 4.79 Å². The molecule has 2 atom stereocenters. The molecule has 1 amide bonds. The number of aliphatic imine (C=N–C) groups is 1. The molecule has 3 nitrogen and oxygen atoms in total. The lowest BCUT2D eigenvalue weighted by Crippen LogP contribution is -2.36. The molecule has 2 aliphatic rings. The lowest BCUT2D eigenvalue weighted by Gasteiger charge is -2.27. The lowest BCUT2D eigenvalue weighted by molar-refractivity contribution is -0.121. The Morgan fingerprint density at radius 3 is 2.85 bits per heavy atom. The summed E-state index contributed by atoms with van der Waals surface area (Å²) in [6.07, 6.45) is 3.26. The molecule has 26 heavy (non-hydrogen) atoms. The fourth-order valence-corrected chi connectivity index (χ4v) is 5.67. The molecule has 0 aromatic heterocycles. The number of aryl methyl sites for hydroxylation is 1. The van der Waals surface area contributed by atoms with Crippen LogP contribution in [0.15, 0.2) is 53.5 Å². The number of rotatable bonds is 3. The molecule has 2 aromatic rings. The first-order valence-electron chi connectivity index (χ1n) is 9.05. The third kappa shape index (κ3) is 3.84. The lowest BCUT2D eigenvalue weighted by atomic mass is 9.88. The highest BCUT2D eigenvalue weighted by Crippen LogP contribution is 2.36. The third-order valence-corrected chi connectivity index (χ3v) is 7.18. The second kappa shape index (κ2) is 7.89. The largest absolute Gasteiger partial charge is 0.348 e. The predicted molar refractivity (Wildman–Crippen MR) is 112 cm³/mol. The van der Waals surface area contributed by atoms with E-state index in [1.807, 2.05) is 25.1 Å². The van der Waals surface area contributed by atoms with Crippen molar-refractivity contribution in [1.82, 2.24) is 5.32 Å². The van der Waals surface area contributed by atoms with Crippen molar-refractivity contribution in [3.05, 3.63) is 65.2 Å². The van der Waals surface area contributed by atoms with Gasteiger partial charge in [-0.1, -0.05) is 66.0 Å². The number of fused-ring (bicyclic) bond motifs is 2. The van der Waals surface area contributed by atoms with Gasteiger partial charge in [-0.15, -0.1) is 0 Å². The van der Waals surface area contributed by atoms with Gasteiger partial charge in [-0.25, -0.2) is 4.99 Å². The van der Waals surface area contributed by atoms with Gasteiger partial charge >= 0.3 is 0 Å². The highest BCUT2D eigenvalue weighted by atomic mass is 32.2. The maximum Gasteiger partial charge on any atom is 0.233 e. The van der Waals surface area contributed by atoms with E-state index >= 15 is 0 Å². The van der Waals surface area contributed by atoms with Crippen LogP contribution in [0.4, 0.5) is 5.69 Å². The molecule has 0 spiro atoms. The number of carbonyl (C=O) groups excluding carboxylic acids is 1. The van der Waals surface area contributed by atoms with Crippen molar-refractivity contribution >= 4 is 39.5 Å². The van der Waals surface area contributed by atoms with E-state index in [0.29, 0.717) is 0 Å². The molecule has 0 radical (unpaired) electrons. The summed E-state index contributed by atoms with van der Waals surface area (Å²) in [6.45, 7) is 1.97. The zero-order valence-electron chi connectivity index (χ0n) is 14.8. The van der Waals surface area contributed by atoms with Gasteiger partial charge in [-0.2, -0.15) is 0 Å². The SMILES string of the molecule is C[C@@H](SC1=Nc2ccccc2CS1)C(=O)N[C@H]1CCCc2ccccc21. The molecule has 134 valence electrons. The molecule has 0 fully saturated rings. The van der Waals surface area contributed by atoms with Crippen LogP contribution >= 0.6 is 23.5 Å². The molecule has 0 unspecified atom stereocenters. The van der Waals surface area contributed by atoms with Gasteiger partial charge in [0.1, 0.15) is 4.38 Å². The second-order valence-corrected chi connectivity index (χ2v) is 9.26. The Morgan fingerprint density at radius 2 is 1.96 bits per heavy atom. The van der Waals surface area contributed by atoms with Crippen molar-refractivity contribution in [2.24, 2.45) is 4.99 Å². The number of hydrogen-bond donors (Lipinski definition) is 1. The number of thioether (sulfide) groups is 2. The zero-order valence-corrected chi connectivity index (χ0v) is 16.4. The van der Waals surface area contributed by atoms with Gasteiger partial charge in [-0.05, 0) is 48.9 Å². The van der Waals surface area contributed by atoms with E-state index in [1.54, 1.807) is 23.5 Å². The van der Waals surface area contributed by atoms with Gasteiger partial charge in [0.25, 0.3) is 0 Å². The number of nitrogens with zero attached hydrogens (tertiary/aromatic N) is 1. The topological polar surface area (TPSA) is 41.5 Å². The van der Waals surface area contributed by atoms with E-state index in [-0.39, 0.29) is 17.2 Å². The van der Waals surface area contributed by atoms with E-state index in [9.17, 15) is 4.79 Å². The quantitative estimate of drug-likeness (QED) is 0.790. The fraction of sp³-hybridized carbons (Fsp3) is 0.333. The number of amides is 1. The van der Waals surface area contributed by atoms with Crippen molar-refractivity contribution in [2.45, 2.75) is 43.2 Å². The minimum atomic E-state index is -0.152. The average molecular weight is 383 g/mol. The van der Waals surface area contributed by atoms with E-state index in [1.165, 1.54) is 16.7 Å². The van der Waals surface area contributed by atoms with Crippen molar-refractivity contribution in [3.63, 3.8) is 0 Å². The van der Waals surface area contributed by atoms with Gasteiger partial charge in [0, 0.05) is 5.75 Å². The predicted octanol–water partition coefficient (Wildman–Crippen LogP) is 5.24. The summed E-state index contributed by atoms with van der Waals surface area (Å²) in [5, 5.41) is 3.11. The van der Waals surface area contributed by atoms with Gasteiger partial charge in [-0.3, -0.25) is 4.79 Å². The molecule has 1 N–H and O–H groups in total. The molecular formula is C21H22N2OS2. The first kappa shape index (κ1) is 17.7. The smallest absolute Gasteiger partial charge is 0.233 e. The summed E-state index contributed by atoms with van der Waals surface area (Å²) < 4.78 is 0.982. The highest BCUT2D eigenvalue weighted by molar-refractivity contribution is 8.39. The zero-order chi connectivity index (χ0) is 17.9. The molecule has 5 heteroatoms. The third-order valence-electron chi connectivity index (χ3n) is 4.89. The molecule has 1 heterocycles. The van der Waals surface area contributed by atoms with Crippen molar-refractivity contribution in [2.75, 3.05) is 0 Å². The number of hydrogen-bond acceptors (Lipinski definition) is 4. The van der Waals surface area contributed by atoms with E-state index in [0.717, 1.165) is 35.1 Å². The van der Waals surface area contributed by atoms with Crippen molar-refractivity contribution in [3.8, 4) is 0 Å². The molecule has 1 aliphatic heterocycles. The minimum Gasteiger partial charge on any atom is -0.348 e. The van der Waals surface area contributed by atoms with Crippen LogP contribution in [0.1, 0.15) is 42.5 Å². The van der Waals surface area contributed by atoms with E-state index < -0.39 is 0 Å². The Labute approximate surface area is 163 Å². The number of carbonyl (C=O) groups is 1. The summed E-state index contributed by atoms with van der Waals surface area (Å²) >= 11 is 3.28. The van der Waals surface area contributed by atoms with Crippen LogP contribution in [0.5, 0.6) is 0 Å². The monoisotopic (exact) mass is 382 g/mol. The number of nitrogens with one attached hydrogen (secondary N) is 1. The first-order chi connectivity index (χ1) is 12.7. The van der Waals surface area contributed by atoms with Crippen LogP contribution in [-0.2, 0) is 17.0 Å². The Balaban J connectivity index is 1.41. The molecular weight excluding hydrogens is 360 g/mol. The molecule has 0 saturated carbocycles. The Kier molecular flexibility index (Phi) is 5.36. The minimum absolute atomic E-state index is 0.0962. The average Bonchev–Trinajstić information content (AvgIpc) is 2.68. The normalized spacial score (nSPS) is 19.7. The summed E-state index contributed by atoms with van der Waals surface area (Å²) in [5.41, 5.74) is 4.94. The van der Waals surface area contributed by atoms with Gasteiger partial charge in [0.15, 0.2) is 0 Å². The molecule has 2 aromatic carbocycles. The molecule has 0 bridgehead atoms. The second-order valence-electron chi connectivity index (χ2n) is 6.71. The Bertz CT molecular complexity index is 849. The molecule has 0 saturated heterocycles. The van der Waals surface area contributed by atoms with Crippen LogP contribution in [0.3, 0.4) is 0 Å². The fourth-order valence-electron chi connectivity index (χ4n) is 3.47. The summed E-state index contributed by atoms with van der Waals surface area (Å²) in [5.74, 6) is 1.02. The van der Waals surface area contributed by atoms with Crippen LogP contribution in [0, 0.1) is 0 Å². The van der Waals surface area contributed by atoms with Gasteiger partial charge in [0.2, 0.25) is 5.91 Å². The Morgan fingerprint density at radius 1 is 1.19 bits per heavy atom. The molecule has 4 rings (SSSR count). The van der Waals surface area contributed by atoms with E-state index in [2.05, 4.69) is 35.6 Å². The number of para-hydroxylation sites is 1.